The maximum Gasteiger partial charge on any atom is 0.119 e. The molecule has 3 nitrogen and oxygen atoms in total. The normalized spacial score (nSPS) is 33.6. The van der Waals surface area contributed by atoms with E-state index in [0.717, 1.165) is 43.9 Å². The SMILES string of the molecule is CC[C@]1(O)CC[C@H]2[C@@H]3CCc4cc(OCCNC(C)c5ccccc5)ccc4[C@H]3CC[C@@]21C. The Hall–Kier alpha value is -1.84. The third kappa shape index (κ3) is 4.02. The molecule has 0 aliphatic heterocycles. The molecule has 2 N–H and O–H groups in total. The monoisotopic (exact) mass is 447 g/mol. The summed E-state index contributed by atoms with van der Waals surface area (Å²) < 4.78 is 6.13. The number of hydrogen-bond donors (Lipinski definition) is 2. The Morgan fingerprint density at radius 2 is 1.91 bits per heavy atom. The minimum Gasteiger partial charge on any atom is -0.492 e. The van der Waals surface area contributed by atoms with Crippen molar-refractivity contribution in [2.75, 3.05) is 13.2 Å². The third-order valence-electron chi connectivity index (χ3n) is 9.73. The Labute approximate surface area is 199 Å². The number of ether oxygens (including phenoxy) is 1. The Kier molecular flexibility index (Phi) is 6.30. The van der Waals surface area contributed by atoms with Crippen LogP contribution < -0.4 is 10.1 Å². The largest absolute Gasteiger partial charge is 0.492 e. The number of aryl methyl sites for hydroxylation is 1. The van der Waals surface area contributed by atoms with Crippen molar-refractivity contribution in [3.8, 4) is 5.75 Å². The van der Waals surface area contributed by atoms with Crippen LogP contribution in [-0.4, -0.2) is 23.9 Å². The highest BCUT2D eigenvalue weighted by molar-refractivity contribution is 5.41. The van der Waals surface area contributed by atoms with E-state index < -0.39 is 5.60 Å². The van der Waals surface area contributed by atoms with Crippen molar-refractivity contribution in [3.05, 3.63) is 65.2 Å². The molecule has 0 bridgehead atoms. The first-order valence-corrected chi connectivity index (χ1v) is 13.2. The van der Waals surface area contributed by atoms with Gasteiger partial charge in [0, 0.05) is 12.6 Å². The highest BCUT2D eigenvalue weighted by Crippen LogP contribution is 2.65. The molecular formula is C30H41NO2. The van der Waals surface area contributed by atoms with Gasteiger partial charge in [-0.1, -0.05) is 50.2 Å². The second-order valence-electron chi connectivity index (χ2n) is 11.1. The fourth-order valence-corrected chi connectivity index (χ4v) is 7.64. The maximum absolute atomic E-state index is 11.4. The molecule has 2 saturated carbocycles. The molecule has 2 aromatic rings. The zero-order chi connectivity index (χ0) is 23.1. The van der Waals surface area contributed by atoms with Crippen LogP contribution in [0.15, 0.2) is 48.5 Å². The lowest BCUT2D eigenvalue weighted by atomic mass is 9.53. The summed E-state index contributed by atoms with van der Waals surface area (Å²) in [6, 6.07) is 17.7. The number of aliphatic hydroxyl groups is 1. The molecule has 0 amide bonds. The first-order chi connectivity index (χ1) is 15.9. The first kappa shape index (κ1) is 22.9. The van der Waals surface area contributed by atoms with Crippen molar-refractivity contribution in [2.24, 2.45) is 17.3 Å². The Morgan fingerprint density at radius 1 is 1.09 bits per heavy atom. The summed E-state index contributed by atoms with van der Waals surface area (Å²) in [4.78, 5) is 0. The summed E-state index contributed by atoms with van der Waals surface area (Å²) in [7, 11) is 0. The summed E-state index contributed by atoms with van der Waals surface area (Å²) in [6.45, 7) is 8.28. The van der Waals surface area contributed by atoms with Crippen LogP contribution in [0.2, 0.25) is 0 Å². The molecule has 3 aliphatic carbocycles. The number of rotatable bonds is 7. The Morgan fingerprint density at radius 3 is 2.70 bits per heavy atom. The van der Waals surface area contributed by atoms with Crippen LogP contribution in [0.5, 0.6) is 5.75 Å². The number of fused-ring (bicyclic) bond motifs is 5. The van der Waals surface area contributed by atoms with Crippen LogP contribution in [0, 0.1) is 17.3 Å². The number of benzene rings is 2. The van der Waals surface area contributed by atoms with Gasteiger partial charge in [0.15, 0.2) is 0 Å². The van der Waals surface area contributed by atoms with Crippen LogP contribution in [0.3, 0.4) is 0 Å². The molecule has 178 valence electrons. The van der Waals surface area contributed by atoms with E-state index >= 15 is 0 Å². The first-order valence-electron chi connectivity index (χ1n) is 13.2. The molecule has 5 rings (SSSR count). The van der Waals surface area contributed by atoms with E-state index in [2.05, 4.69) is 74.6 Å². The van der Waals surface area contributed by atoms with Gasteiger partial charge < -0.3 is 15.2 Å². The third-order valence-corrected chi connectivity index (χ3v) is 9.73. The zero-order valence-electron chi connectivity index (χ0n) is 20.6. The van der Waals surface area contributed by atoms with Gasteiger partial charge in [0.1, 0.15) is 12.4 Å². The minimum absolute atomic E-state index is 0.105. The van der Waals surface area contributed by atoms with Gasteiger partial charge in [0.25, 0.3) is 0 Å². The van der Waals surface area contributed by atoms with Crippen LogP contribution in [0.1, 0.15) is 87.9 Å². The molecule has 3 heteroatoms. The smallest absolute Gasteiger partial charge is 0.119 e. The van der Waals surface area contributed by atoms with Gasteiger partial charge in [-0.3, -0.25) is 0 Å². The molecule has 0 saturated heterocycles. The lowest BCUT2D eigenvalue weighted by molar-refractivity contribution is -0.104. The fraction of sp³-hybridized carbons (Fsp3) is 0.600. The van der Waals surface area contributed by atoms with E-state index in [1.54, 1.807) is 5.56 Å². The van der Waals surface area contributed by atoms with E-state index in [-0.39, 0.29) is 5.41 Å². The van der Waals surface area contributed by atoms with Gasteiger partial charge in [-0.15, -0.1) is 0 Å². The molecule has 0 radical (unpaired) electrons. The highest BCUT2D eigenvalue weighted by Gasteiger charge is 2.60. The average Bonchev–Trinajstić information content (AvgIpc) is 3.13. The predicted octanol–water partition coefficient (Wildman–Crippen LogP) is 6.41. The molecule has 2 aromatic carbocycles. The molecule has 1 unspecified atom stereocenters. The van der Waals surface area contributed by atoms with Crippen molar-refractivity contribution in [3.63, 3.8) is 0 Å². The second-order valence-corrected chi connectivity index (χ2v) is 11.1. The molecule has 0 aromatic heterocycles. The lowest BCUT2D eigenvalue weighted by Crippen LogP contribution is -2.50. The van der Waals surface area contributed by atoms with Gasteiger partial charge in [0.05, 0.1) is 5.60 Å². The van der Waals surface area contributed by atoms with Crippen LogP contribution in [-0.2, 0) is 6.42 Å². The van der Waals surface area contributed by atoms with E-state index in [9.17, 15) is 5.11 Å². The molecule has 3 aliphatic rings. The molecule has 2 fully saturated rings. The Balaban J connectivity index is 1.20. The fourth-order valence-electron chi connectivity index (χ4n) is 7.64. The van der Waals surface area contributed by atoms with Crippen molar-refractivity contribution >= 4 is 0 Å². The molecule has 0 spiro atoms. The van der Waals surface area contributed by atoms with E-state index in [0.29, 0.717) is 24.5 Å². The minimum atomic E-state index is -0.452. The van der Waals surface area contributed by atoms with Crippen LogP contribution >= 0.6 is 0 Å². The Bertz CT molecular complexity index is 959. The van der Waals surface area contributed by atoms with Gasteiger partial charge in [-0.2, -0.15) is 0 Å². The lowest BCUT2D eigenvalue weighted by Gasteiger charge is -2.53. The molecule has 0 heterocycles. The highest BCUT2D eigenvalue weighted by atomic mass is 16.5. The summed E-state index contributed by atoms with van der Waals surface area (Å²) in [5, 5.41) is 14.9. The van der Waals surface area contributed by atoms with Crippen LogP contribution in [0.25, 0.3) is 0 Å². The predicted molar refractivity (Wildman–Crippen MR) is 135 cm³/mol. The number of nitrogens with one attached hydrogen (secondary N) is 1. The van der Waals surface area contributed by atoms with Crippen molar-refractivity contribution < 1.29 is 9.84 Å². The van der Waals surface area contributed by atoms with E-state index in [1.807, 2.05) is 0 Å². The molecule has 6 atom stereocenters. The quantitative estimate of drug-likeness (QED) is 0.482. The average molecular weight is 448 g/mol. The summed E-state index contributed by atoms with van der Waals surface area (Å²) in [6.07, 6.45) is 7.87. The number of hydrogen-bond acceptors (Lipinski definition) is 3. The summed E-state index contributed by atoms with van der Waals surface area (Å²) in [5.41, 5.74) is 4.01. The topological polar surface area (TPSA) is 41.5 Å². The van der Waals surface area contributed by atoms with Crippen molar-refractivity contribution in [1.82, 2.24) is 5.32 Å². The van der Waals surface area contributed by atoms with Gasteiger partial charge in [-0.25, -0.2) is 0 Å². The van der Waals surface area contributed by atoms with Crippen molar-refractivity contribution in [1.29, 1.82) is 0 Å². The summed E-state index contributed by atoms with van der Waals surface area (Å²) in [5.74, 6) is 3.06. The standard InChI is InChI=1S/C30H41NO2/c1-4-30(32)17-15-28-27-12-10-23-20-24(11-13-25(23)26(27)14-16-29(28,30)3)33-19-18-31-21(2)22-8-6-5-7-9-22/h5-9,11,13,20-21,26-28,31-32H,4,10,12,14-19H2,1-3H3/t21?,26-,27-,28+,29+,30+/m1/s1. The molecule has 33 heavy (non-hydrogen) atoms. The van der Waals surface area contributed by atoms with Gasteiger partial charge >= 0.3 is 0 Å². The van der Waals surface area contributed by atoms with E-state index in [1.165, 1.54) is 30.4 Å². The van der Waals surface area contributed by atoms with Crippen molar-refractivity contribution in [2.45, 2.75) is 83.3 Å². The van der Waals surface area contributed by atoms with Crippen LogP contribution in [0.4, 0.5) is 0 Å². The van der Waals surface area contributed by atoms with Gasteiger partial charge in [0.2, 0.25) is 0 Å². The summed E-state index contributed by atoms with van der Waals surface area (Å²) >= 11 is 0. The van der Waals surface area contributed by atoms with Gasteiger partial charge in [-0.05, 0) is 104 Å². The zero-order valence-corrected chi connectivity index (χ0v) is 20.6. The van der Waals surface area contributed by atoms with E-state index in [4.69, 9.17) is 4.74 Å². The maximum atomic E-state index is 11.4. The second kappa shape index (κ2) is 9.07. The molecular weight excluding hydrogens is 406 g/mol.